The summed E-state index contributed by atoms with van der Waals surface area (Å²) in [5, 5.41) is 14.0. The lowest BCUT2D eigenvalue weighted by molar-refractivity contribution is 0.627. The van der Waals surface area contributed by atoms with E-state index in [4.69, 9.17) is 6.57 Å². The van der Waals surface area contributed by atoms with Crippen molar-refractivity contribution in [3.05, 3.63) is 192 Å². The molecule has 1 heterocycles. The summed E-state index contributed by atoms with van der Waals surface area (Å²) in [7, 11) is 0. The van der Waals surface area contributed by atoms with Gasteiger partial charge in [-0.3, -0.25) is 0 Å². The van der Waals surface area contributed by atoms with E-state index in [1.54, 1.807) is 36.4 Å². The van der Waals surface area contributed by atoms with Gasteiger partial charge in [0.1, 0.15) is 11.6 Å². The van der Waals surface area contributed by atoms with E-state index in [0.29, 0.717) is 11.3 Å². The number of para-hydroxylation sites is 1. The highest BCUT2D eigenvalue weighted by Gasteiger charge is 2.23. The number of nitriles is 1. The molecule has 7 heteroatoms. The Morgan fingerprint density at radius 1 is 0.509 bits per heavy atom. The number of aromatic nitrogens is 1. The summed E-state index contributed by atoms with van der Waals surface area (Å²) >= 11 is 0. The number of anilines is 6. The summed E-state index contributed by atoms with van der Waals surface area (Å²) in [6.07, 6.45) is 0. The van der Waals surface area contributed by atoms with Crippen molar-refractivity contribution in [2.45, 2.75) is 0 Å². The van der Waals surface area contributed by atoms with Crippen molar-refractivity contribution in [3.8, 4) is 11.8 Å². The zero-order valence-corrected chi connectivity index (χ0v) is 28.1. The van der Waals surface area contributed by atoms with Crippen LogP contribution < -0.4 is 9.80 Å². The lowest BCUT2D eigenvalue weighted by atomic mass is 10.00. The molecule has 0 bridgehead atoms. The zero-order chi connectivity index (χ0) is 36.1. The predicted octanol–water partition coefficient (Wildman–Crippen LogP) is 13.0. The zero-order valence-electron chi connectivity index (χ0n) is 28.1. The van der Waals surface area contributed by atoms with E-state index in [-0.39, 0.29) is 11.6 Å². The van der Waals surface area contributed by atoms with E-state index in [0.717, 1.165) is 72.4 Å². The molecule has 0 aliphatic carbocycles. The summed E-state index contributed by atoms with van der Waals surface area (Å²) in [5.74, 6) is -0.672. The van der Waals surface area contributed by atoms with Crippen molar-refractivity contribution in [2.75, 3.05) is 9.80 Å². The molecule has 250 valence electrons. The summed E-state index contributed by atoms with van der Waals surface area (Å²) in [6, 6.07) is 52.8. The van der Waals surface area contributed by atoms with Crippen molar-refractivity contribution in [1.29, 1.82) is 5.26 Å². The SMILES string of the molecule is [C-]#[N+]c1cccc(N(c2ccc(F)cc2)c2cc3ccc4cc(N(c5ccc(F)cc5)c5cccc(C#N)c5)cc5c4c3c(c2)n5-c2ccccc2)c1. The third-order valence-electron chi connectivity index (χ3n) is 9.59. The Bertz CT molecular complexity index is 2710. The average molecular weight is 688 g/mol. The van der Waals surface area contributed by atoms with Gasteiger partial charge in [0.15, 0.2) is 5.69 Å². The molecule has 0 aliphatic heterocycles. The van der Waals surface area contributed by atoms with Gasteiger partial charge in [0.05, 0.1) is 29.2 Å². The Morgan fingerprint density at radius 3 is 1.57 bits per heavy atom. The largest absolute Gasteiger partial charge is 0.312 e. The molecule has 0 N–H and O–H groups in total. The van der Waals surface area contributed by atoms with Crippen LogP contribution in [0.15, 0.2) is 164 Å². The van der Waals surface area contributed by atoms with Gasteiger partial charge in [-0.1, -0.05) is 48.5 Å². The van der Waals surface area contributed by atoms with Crippen LogP contribution in [-0.4, -0.2) is 4.57 Å². The van der Waals surface area contributed by atoms with Gasteiger partial charge in [0.25, 0.3) is 0 Å². The third-order valence-corrected chi connectivity index (χ3v) is 9.59. The van der Waals surface area contributed by atoms with Crippen LogP contribution in [-0.2, 0) is 0 Å². The lowest BCUT2D eigenvalue weighted by Gasteiger charge is -2.26. The van der Waals surface area contributed by atoms with Gasteiger partial charge in [-0.05, 0) is 126 Å². The van der Waals surface area contributed by atoms with Crippen LogP contribution in [0.1, 0.15) is 5.56 Å². The minimum Gasteiger partial charge on any atom is -0.312 e. The Balaban J connectivity index is 1.35. The second kappa shape index (κ2) is 12.7. The van der Waals surface area contributed by atoms with Gasteiger partial charge in [-0.2, -0.15) is 5.26 Å². The maximum atomic E-state index is 14.2. The molecule has 0 saturated heterocycles. The van der Waals surface area contributed by atoms with E-state index in [9.17, 15) is 14.0 Å². The van der Waals surface area contributed by atoms with Crippen molar-refractivity contribution >= 4 is 72.4 Å². The van der Waals surface area contributed by atoms with Gasteiger partial charge in [0.2, 0.25) is 0 Å². The molecule has 0 aliphatic rings. The first kappa shape index (κ1) is 31.5. The fourth-order valence-electron chi connectivity index (χ4n) is 7.34. The van der Waals surface area contributed by atoms with Crippen LogP contribution in [0.2, 0.25) is 0 Å². The highest BCUT2D eigenvalue weighted by molar-refractivity contribution is 6.26. The summed E-state index contributed by atoms with van der Waals surface area (Å²) in [5.41, 5.74) is 8.63. The minimum atomic E-state index is -0.337. The molecule has 0 spiro atoms. The molecule has 9 rings (SSSR count). The predicted molar refractivity (Wildman–Crippen MR) is 210 cm³/mol. The third kappa shape index (κ3) is 5.45. The number of hydrogen-bond acceptors (Lipinski definition) is 3. The standard InChI is InChI=1S/C46H27F2N5/c1-50-35-8-6-12-40(26-35)52(38-21-17-34(48)18-22-38)42-25-32-14-13-31-24-41(27-43-45(31)46(32)44(28-42)53(43)36-9-3-2-4-10-36)51(37-19-15-33(47)16-20-37)39-11-5-7-30(23-39)29-49/h2-28H. The topological polar surface area (TPSA) is 39.6 Å². The number of rotatable bonds is 7. The van der Waals surface area contributed by atoms with E-state index in [1.165, 1.54) is 24.3 Å². The molecule has 0 unspecified atom stereocenters. The molecule has 0 amide bonds. The molecular formula is C46H27F2N5. The van der Waals surface area contributed by atoms with Gasteiger partial charge >= 0.3 is 0 Å². The van der Waals surface area contributed by atoms with E-state index < -0.39 is 0 Å². The number of hydrogen-bond donors (Lipinski definition) is 0. The lowest BCUT2D eigenvalue weighted by Crippen LogP contribution is -2.10. The summed E-state index contributed by atoms with van der Waals surface area (Å²) in [6.45, 7) is 7.68. The van der Waals surface area contributed by atoms with Crippen LogP contribution in [0.3, 0.4) is 0 Å². The first-order valence-electron chi connectivity index (χ1n) is 17.0. The van der Waals surface area contributed by atoms with Crippen molar-refractivity contribution in [2.24, 2.45) is 0 Å². The van der Waals surface area contributed by atoms with Crippen LogP contribution >= 0.6 is 0 Å². The second-order valence-corrected chi connectivity index (χ2v) is 12.8. The van der Waals surface area contributed by atoms with Crippen molar-refractivity contribution in [3.63, 3.8) is 0 Å². The van der Waals surface area contributed by atoms with Crippen LogP contribution in [0, 0.1) is 29.5 Å². The first-order chi connectivity index (χ1) is 26.0. The monoisotopic (exact) mass is 687 g/mol. The fraction of sp³-hybridized carbons (Fsp3) is 0. The van der Waals surface area contributed by atoms with Gasteiger partial charge in [-0.15, -0.1) is 0 Å². The van der Waals surface area contributed by atoms with E-state index in [2.05, 4.69) is 64.0 Å². The van der Waals surface area contributed by atoms with Gasteiger partial charge in [-0.25, -0.2) is 13.6 Å². The van der Waals surface area contributed by atoms with Crippen molar-refractivity contribution in [1.82, 2.24) is 4.57 Å². The summed E-state index contributed by atoms with van der Waals surface area (Å²) in [4.78, 5) is 7.77. The number of halogens is 2. The molecule has 0 saturated carbocycles. The highest BCUT2D eigenvalue weighted by Crippen LogP contribution is 2.47. The van der Waals surface area contributed by atoms with E-state index in [1.807, 2.05) is 64.4 Å². The highest BCUT2D eigenvalue weighted by atomic mass is 19.1. The molecule has 0 atom stereocenters. The molecule has 1 aromatic heterocycles. The Morgan fingerprint density at radius 2 is 1.04 bits per heavy atom. The summed E-state index contributed by atoms with van der Waals surface area (Å²) < 4.78 is 30.7. The fourth-order valence-corrected chi connectivity index (χ4v) is 7.34. The van der Waals surface area contributed by atoms with Crippen LogP contribution in [0.5, 0.6) is 0 Å². The smallest absolute Gasteiger partial charge is 0.189 e. The Labute approximate surface area is 304 Å². The quantitative estimate of drug-likeness (QED) is 0.124. The van der Waals surface area contributed by atoms with Gasteiger partial charge < -0.3 is 14.4 Å². The molecule has 53 heavy (non-hydrogen) atoms. The van der Waals surface area contributed by atoms with Gasteiger partial charge in [0, 0.05) is 50.6 Å². The number of nitrogens with zero attached hydrogens (tertiary/aromatic N) is 5. The number of benzene rings is 8. The normalized spacial score (nSPS) is 11.2. The maximum Gasteiger partial charge on any atom is 0.189 e. The molecule has 8 aromatic carbocycles. The second-order valence-electron chi connectivity index (χ2n) is 12.8. The maximum absolute atomic E-state index is 14.2. The molecule has 5 nitrogen and oxygen atoms in total. The Kier molecular flexibility index (Phi) is 7.54. The van der Waals surface area contributed by atoms with Crippen LogP contribution in [0.25, 0.3) is 43.1 Å². The first-order valence-corrected chi connectivity index (χ1v) is 17.0. The molecule has 0 fully saturated rings. The average Bonchev–Trinajstić information content (AvgIpc) is 3.53. The van der Waals surface area contributed by atoms with Crippen molar-refractivity contribution < 1.29 is 8.78 Å². The molecule has 0 radical (unpaired) electrons. The van der Waals surface area contributed by atoms with Crippen LogP contribution in [0.4, 0.5) is 48.6 Å². The minimum absolute atomic E-state index is 0.335. The Hall–Kier alpha value is -7.48. The molecular weight excluding hydrogens is 661 g/mol. The van der Waals surface area contributed by atoms with E-state index >= 15 is 0 Å². The molecule has 9 aromatic rings.